The van der Waals surface area contributed by atoms with Crippen molar-refractivity contribution >= 4 is 23.0 Å². The summed E-state index contributed by atoms with van der Waals surface area (Å²) in [5.41, 5.74) is 2.62. The molecule has 98 valence electrons. The second-order valence-electron chi connectivity index (χ2n) is 3.69. The molecule has 0 saturated carbocycles. The van der Waals surface area contributed by atoms with Gasteiger partial charge in [0.15, 0.2) is 5.69 Å². The fourth-order valence-corrected chi connectivity index (χ4v) is 2.00. The zero-order chi connectivity index (χ0) is 13.7. The van der Waals surface area contributed by atoms with Crippen LogP contribution >= 0.6 is 11.3 Å². The standard InChI is InChI=1S/C12H10N2O4S/c15-12(11-7-19-8-13-11)18-5-4-9-2-1-3-10(6-9)14(16)17/h1-3,6-8H,4-5H2. The van der Waals surface area contributed by atoms with E-state index < -0.39 is 10.9 Å². The molecule has 7 heteroatoms. The largest absolute Gasteiger partial charge is 0.461 e. The molecule has 0 radical (unpaired) electrons. The van der Waals surface area contributed by atoms with E-state index in [1.54, 1.807) is 23.0 Å². The van der Waals surface area contributed by atoms with Crippen molar-refractivity contribution in [2.75, 3.05) is 6.61 Å². The summed E-state index contributed by atoms with van der Waals surface area (Å²) < 4.78 is 5.03. The molecule has 2 aromatic rings. The molecule has 0 N–H and O–H groups in total. The van der Waals surface area contributed by atoms with E-state index in [0.717, 1.165) is 5.56 Å². The SMILES string of the molecule is O=C(OCCc1cccc([N+](=O)[O-])c1)c1cscn1. The number of rotatable bonds is 5. The first-order valence-corrected chi connectivity index (χ1v) is 6.40. The lowest BCUT2D eigenvalue weighted by atomic mass is 10.1. The molecule has 0 atom stereocenters. The Labute approximate surface area is 112 Å². The number of nitro groups is 1. The van der Waals surface area contributed by atoms with Gasteiger partial charge in [0.1, 0.15) is 0 Å². The average molecular weight is 278 g/mol. The molecule has 1 aromatic heterocycles. The lowest BCUT2D eigenvalue weighted by Gasteiger charge is -2.03. The second kappa shape index (κ2) is 6.05. The summed E-state index contributed by atoms with van der Waals surface area (Å²) in [7, 11) is 0. The van der Waals surface area contributed by atoms with Crippen molar-refractivity contribution < 1.29 is 14.5 Å². The number of esters is 1. The van der Waals surface area contributed by atoms with Crippen molar-refractivity contribution in [1.29, 1.82) is 0 Å². The number of nitrogens with zero attached hydrogens (tertiary/aromatic N) is 2. The molecule has 0 saturated heterocycles. The summed E-state index contributed by atoms with van der Waals surface area (Å²) in [6, 6.07) is 6.25. The van der Waals surface area contributed by atoms with Crippen LogP contribution in [0.4, 0.5) is 5.69 Å². The number of carbonyl (C=O) groups is 1. The zero-order valence-corrected chi connectivity index (χ0v) is 10.6. The summed E-state index contributed by atoms with van der Waals surface area (Å²) in [5, 5.41) is 12.2. The van der Waals surface area contributed by atoms with Gasteiger partial charge in [-0.25, -0.2) is 9.78 Å². The van der Waals surface area contributed by atoms with E-state index in [4.69, 9.17) is 4.74 Å². The fraction of sp³-hybridized carbons (Fsp3) is 0.167. The Morgan fingerprint density at radius 3 is 3.00 bits per heavy atom. The van der Waals surface area contributed by atoms with Crippen molar-refractivity contribution in [2.45, 2.75) is 6.42 Å². The summed E-state index contributed by atoms with van der Waals surface area (Å²) >= 11 is 1.32. The summed E-state index contributed by atoms with van der Waals surface area (Å²) in [4.78, 5) is 25.5. The number of hydrogen-bond acceptors (Lipinski definition) is 6. The molecule has 0 aliphatic rings. The van der Waals surface area contributed by atoms with Crippen LogP contribution in [0.15, 0.2) is 35.2 Å². The first-order chi connectivity index (χ1) is 9.16. The van der Waals surface area contributed by atoms with Gasteiger partial charge >= 0.3 is 5.97 Å². The number of hydrogen-bond donors (Lipinski definition) is 0. The Morgan fingerprint density at radius 1 is 1.47 bits per heavy atom. The van der Waals surface area contributed by atoms with Crippen LogP contribution in [0, 0.1) is 10.1 Å². The molecule has 0 spiro atoms. The maximum absolute atomic E-state index is 11.5. The van der Waals surface area contributed by atoms with Crippen molar-refractivity contribution in [2.24, 2.45) is 0 Å². The lowest BCUT2D eigenvalue weighted by Crippen LogP contribution is -2.08. The second-order valence-corrected chi connectivity index (χ2v) is 4.41. The van der Waals surface area contributed by atoms with Crippen molar-refractivity contribution in [3.63, 3.8) is 0 Å². The Bertz CT molecular complexity index is 583. The number of benzene rings is 1. The van der Waals surface area contributed by atoms with E-state index in [-0.39, 0.29) is 18.0 Å². The molecule has 0 fully saturated rings. The smallest absolute Gasteiger partial charge is 0.357 e. The van der Waals surface area contributed by atoms with E-state index in [1.807, 2.05) is 0 Å². The Morgan fingerprint density at radius 2 is 2.32 bits per heavy atom. The quantitative estimate of drug-likeness (QED) is 0.476. The molecule has 0 aliphatic carbocycles. The highest BCUT2D eigenvalue weighted by Gasteiger charge is 2.10. The van der Waals surface area contributed by atoms with Crippen LogP contribution in [0.1, 0.15) is 16.1 Å². The molecule has 1 heterocycles. The van der Waals surface area contributed by atoms with Gasteiger partial charge in [-0.3, -0.25) is 10.1 Å². The predicted molar refractivity (Wildman–Crippen MR) is 69.2 cm³/mol. The first-order valence-electron chi connectivity index (χ1n) is 5.45. The van der Waals surface area contributed by atoms with Crippen LogP contribution in [0.5, 0.6) is 0 Å². The molecule has 6 nitrogen and oxygen atoms in total. The third-order valence-electron chi connectivity index (χ3n) is 2.39. The monoisotopic (exact) mass is 278 g/mol. The summed E-state index contributed by atoms with van der Waals surface area (Å²) in [6.45, 7) is 0.164. The normalized spacial score (nSPS) is 10.1. The van der Waals surface area contributed by atoms with Crippen molar-refractivity contribution in [3.05, 3.63) is 56.5 Å². The number of nitro benzene ring substituents is 1. The van der Waals surface area contributed by atoms with Gasteiger partial charge in [0.05, 0.1) is 17.0 Å². The minimum absolute atomic E-state index is 0.0309. The van der Waals surface area contributed by atoms with Crippen LogP contribution in [0.2, 0.25) is 0 Å². The number of thiazole rings is 1. The molecule has 2 rings (SSSR count). The number of ether oxygens (including phenoxy) is 1. The van der Waals surface area contributed by atoms with Crippen LogP contribution in [-0.2, 0) is 11.2 Å². The molecule has 0 aliphatic heterocycles. The average Bonchev–Trinajstić information content (AvgIpc) is 2.93. The highest BCUT2D eigenvalue weighted by Crippen LogP contribution is 2.13. The van der Waals surface area contributed by atoms with E-state index in [2.05, 4.69) is 4.98 Å². The molecule has 0 amide bonds. The summed E-state index contributed by atoms with van der Waals surface area (Å²) in [5.74, 6) is -0.480. The predicted octanol–water partition coefficient (Wildman–Crippen LogP) is 2.45. The van der Waals surface area contributed by atoms with Crippen LogP contribution < -0.4 is 0 Å². The topological polar surface area (TPSA) is 82.3 Å². The van der Waals surface area contributed by atoms with Gasteiger partial charge < -0.3 is 4.74 Å². The fourth-order valence-electron chi connectivity index (χ4n) is 1.47. The van der Waals surface area contributed by atoms with Gasteiger partial charge in [-0.1, -0.05) is 12.1 Å². The number of non-ortho nitro benzene ring substituents is 1. The summed E-state index contributed by atoms with van der Waals surface area (Å²) in [6.07, 6.45) is 0.428. The molecule has 19 heavy (non-hydrogen) atoms. The van der Waals surface area contributed by atoms with E-state index in [1.165, 1.54) is 23.5 Å². The van der Waals surface area contributed by atoms with Crippen molar-refractivity contribution in [1.82, 2.24) is 4.98 Å². The maximum Gasteiger partial charge on any atom is 0.357 e. The van der Waals surface area contributed by atoms with Crippen molar-refractivity contribution in [3.8, 4) is 0 Å². The Hall–Kier alpha value is -2.28. The van der Waals surface area contributed by atoms with E-state index in [9.17, 15) is 14.9 Å². The minimum Gasteiger partial charge on any atom is -0.461 e. The van der Waals surface area contributed by atoms with Crippen LogP contribution in [-0.4, -0.2) is 22.5 Å². The maximum atomic E-state index is 11.5. The highest BCUT2D eigenvalue weighted by atomic mass is 32.1. The minimum atomic E-state index is -0.480. The molecular weight excluding hydrogens is 268 g/mol. The third-order valence-corrected chi connectivity index (χ3v) is 2.97. The molecular formula is C12H10N2O4S. The number of aromatic nitrogens is 1. The first kappa shape index (κ1) is 13.2. The van der Waals surface area contributed by atoms with Gasteiger partial charge in [-0.2, -0.15) is 0 Å². The van der Waals surface area contributed by atoms with Gasteiger partial charge in [0, 0.05) is 23.9 Å². The molecule has 0 unspecified atom stereocenters. The van der Waals surface area contributed by atoms with Gasteiger partial charge in [0.2, 0.25) is 0 Å². The van der Waals surface area contributed by atoms with Crippen LogP contribution in [0.3, 0.4) is 0 Å². The molecule has 1 aromatic carbocycles. The zero-order valence-electron chi connectivity index (χ0n) is 9.81. The van der Waals surface area contributed by atoms with Crippen LogP contribution in [0.25, 0.3) is 0 Å². The third kappa shape index (κ3) is 3.59. The molecule has 0 bridgehead atoms. The lowest BCUT2D eigenvalue weighted by molar-refractivity contribution is -0.384. The Kier molecular flexibility index (Phi) is 4.19. The highest BCUT2D eigenvalue weighted by molar-refractivity contribution is 7.07. The number of carbonyl (C=O) groups excluding carboxylic acids is 1. The van der Waals surface area contributed by atoms with E-state index >= 15 is 0 Å². The Balaban J connectivity index is 1.87. The van der Waals surface area contributed by atoms with Gasteiger partial charge in [-0.05, 0) is 5.56 Å². The van der Waals surface area contributed by atoms with E-state index in [0.29, 0.717) is 6.42 Å². The van der Waals surface area contributed by atoms with Gasteiger partial charge in [0.25, 0.3) is 5.69 Å². The van der Waals surface area contributed by atoms with Gasteiger partial charge in [-0.15, -0.1) is 11.3 Å².